The van der Waals surface area contributed by atoms with E-state index in [9.17, 15) is 43.2 Å². The Kier molecular flexibility index (Phi) is 28.7. The Morgan fingerprint density at radius 3 is 1.80 bits per heavy atom. The van der Waals surface area contributed by atoms with Gasteiger partial charge >= 0.3 is 30.1 Å². The van der Waals surface area contributed by atoms with Gasteiger partial charge in [-0.1, -0.05) is 119 Å². The normalized spacial score (nSPS) is 14.0. The molecule has 0 unspecified atom stereocenters. The number of rotatable bonds is 33. The van der Waals surface area contributed by atoms with Crippen molar-refractivity contribution in [2.45, 2.75) is 200 Å². The summed E-state index contributed by atoms with van der Waals surface area (Å²) in [7, 11) is -1.79. The van der Waals surface area contributed by atoms with E-state index in [-0.39, 0.29) is 61.9 Å². The smallest absolute Gasteiger partial charge is 0.407 e. The summed E-state index contributed by atoms with van der Waals surface area (Å²) < 4.78 is 70.0. The number of nitrogens with two attached hydrogens (primary N) is 1. The van der Waals surface area contributed by atoms with Gasteiger partial charge in [-0.15, -0.1) is 11.8 Å². The maximum atomic E-state index is 15.9. The Bertz CT molecular complexity index is 3820. The van der Waals surface area contributed by atoms with E-state index in [4.69, 9.17) is 30.8 Å². The van der Waals surface area contributed by atoms with Gasteiger partial charge in [0.1, 0.15) is 59.2 Å². The number of thioether (sulfide) groups is 1. The number of primary amides is 1. The Morgan fingerprint density at radius 1 is 0.641 bits per heavy atom. The number of nitrogens with one attached hydrogen (secondary N) is 5. The third-order valence-electron chi connectivity index (χ3n) is 16.0. The van der Waals surface area contributed by atoms with E-state index < -0.39 is 163 Å². The van der Waals surface area contributed by atoms with Gasteiger partial charge in [-0.05, 0) is 139 Å². The highest BCUT2D eigenvalue weighted by Gasteiger charge is 2.40. The highest BCUT2D eigenvalue weighted by atomic mass is 32.2. The first-order valence-electron chi connectivity index (χ1n) is 34.9. The Morgan fingerprint density at radius 2 is 1.21 bits per heavy atom. The molecule has 7 amide bonds. The maximum absolute atomic E-state index is 15.9. The minimum Gasteiger partial charge on any atom is -0.460 e. The molecule has 0 fully saturated rings. The zero-order chi connectivity index (χ0) is 77.2. The van der Waals surface area contributed by atoms with Crippen LogP contribution in [0.1, 0.15) is 150 Å². The summed E-state index contributed by atoms with van der Waals surface area (Å²) in [5.41, 5.74) is 6.83. The maximum Gasteiger partial charge on any atom is 0.407 e. The fourth-order valence-corrected chi connectivity index (χ4v) is 13.1. The van der Waals surface area contributed by atoms with Crippen molar-refractivity contribution in [3.63, 3.8) is 0 Å². The molecule has 4 aromatic carbocycles. The number of ether oxygens (including phenoxy) is 5. The number of nitrogens with zero attached hydrogens (tertiary/aromatic N) is 2. The largest absolute Gasteiger partial charge is 0.460 e. The number of esters is 3. The van der Waals surface area contributed by atoms with E-state index in [0.717, 1.165) is 57.8 Å². The molecular weight excluding hydrogens is 1360 g/mol. The van der Waals surface area contributed by atoms with Gasteiger partial charge in [0, 0.05) is 75.2 Å². The average molecular weight is 1470 g/mol. The van der Waals surface area contributed by atoms with Gasteiger partial charge < -0.3 is 65.5 Å². The molecule has 27 heteroatoms. The van der Waals surface area contributed by atoms with Crippen LogP contribution in [0.3, 0.4) is 0 Å². The molecule has 0 saturated heterocycles. The number of carbonyl (C=O) groups is 10. The van der Waals surface area contributed by atoms with Crippen LogP contribution in [0.15, 0.2) is 109 Å². The molecule has 0 aliphatic heterocycles. The number of alkyl carbamates (subject to hydrolysis) is 2. The van der Waals surface area contributed by atoms with Crippen LogP contribution in [0.5, 0.6) is 0 Å². The summed E-state index contributed by atoms with van der Waals surface area (Å²) in [5.74, 6) is -9.57. The molecule has 1 heterocycles. The third kappa shape index (κ3) is 26.9. The Labute approximate surface area is 609 Å². The fraction of sp³-hybridized carbons (Fsp3) is 0.500. The van der Waals surface area contributed by atoms with Crippen molar-refractivity contribution in [3.05, 3.63) is 143 Å². The molecule has 0 spiro atoms. The molecule has 6 rings (SSSR count). The van der Waals surface area contributed by atoms with Gasteiger partial charge in [-0.25, -0.2) is 28.0 Å². The monoisotopic (exact) mass is 1470 g/mol. The highest BCUT2D eigenvalue weighted by molar-refractivity contribution is 8.00. The fourth-order valence-electron chi connectivity index (χ4n) is 11.4. The Balaban J connectivity index is 1.34. The van der Waals surface area contributed by atoms with E-state index in [1.165, 1.54) is 4.90 Å². The van der Waals surface area contributed by atoms with E-state index in [0.29, 0.717) is 17.0 Å². The second-order valence-electron chi connectivity index (χ2n) is 30.7. The summed E-state index contributed by atoms with van der Waals surface area (Å²) in [5, 5.41) is 10.7. The predicted molar refractivity (Wildman–Crippen MR) is 392 cm³/mol. The number of hydrogen-bond acceptors (Lipinski definition) is 16. The van der Waals surface area contributed by atoms with Gasteiger partial charge in [-0.2, -0.15) is 0 Å². The lowest BCUT2D eigenvalue weighted by Gasteiger charge is -2.41. The first-order chi connectivity index (χ1) is 48.4. The molecule has 5 atom stereocenters. The number of carbonyl (C=O) groups excluding carboxylic acids is 10. The van der Waals surface area contributed by atoms with Gasteiger partial charge in [-0.3, -0.25) is 28.8 Å². The first kappa shape index (κ1) is 81.2. The highest BCUT2D eigenvalue weighted by Crippen LogP contribution is 2.45. The standard InChI is InChI=1S/C76H102F2N8O15SSi/c1-73(2,3)66(61-39-48(54-40-49(77)29-30-56(54)78)43-85(61)42-47-23-17-16-18-24-47)86(36-34-57(83-71(95)97-37-38-103(13,14)15)67(91)80-35-33-63(88)81-58(69(93)100-75(7,8)9)31-32-65(90)99-74(4,5)6)64(89)46-102-45-60(70(94)101-76(10,11)12)82-68(92)59(41-62(79)87)84-72(96)98-44-55-52-27-21-19-25-50(52)51-26-20-22-28-53(51)55/h16-30,39-40,43,55,57-60,66H,31-38,41-42,44-46H2,1-15H3,(H2,79,87)(H,80,91)(H,81,88)(H,82,92)(H,83,95)(H,84,96)/t57-,58-,59-,60-,66-/m0/s1/i/hD. The van der Waals surface area contributed by atoms with Crippen molar-refractivity contribution in [2.75, 3.05) is 37.8 Å². The first-order valence-corrected chi connectivity index (χ1v) is 39.3. The van der Waals surface area contributed by atoms with E-state index in [1.54, 1.807) is 79.1 Å². The van der Waals surface area contributed by atoms with Crippen LogP contribution in [-0.2, 0) is 68.6 Å². The minimum absolute atomic E-state index is 0.0217. The van der Waals surface area contributed by atoms with Crippen molar-refractivity contribution < 1.29 is 81.8 Å². The lowest BCUT2D eigenvalue weighted by atomic mass is 9.82. The van der Waals surface area contributed by atoms with Gasteiger partial charge in [0.25, 0.3) is 0 Å². The molecule has 0 radical (unpaired) electrons. The molecule has 1 aliphatic rings. The Hall–Kier alpha value is -9.11. The number of hydrogen-bond donors (Lipinski definition) is 6. The lowest BCUT2D eigenvalue weighted by molar-refractivity contribution is -0.160. The minimum atomic E-state index is -1.79. The lowest BCUT2D eigenvalue weighted by Crippen LogP contribution is -2.54. The number of amides is 7. The van der Waals surface area contributed by atoms with Gasteiger partial charge in [0.2, 0.25) is 29.5 Å². The topological polar surface area (TPSA) is 311 Å². The summed E-state index contributed by atoms with van der Waals surface area (Å²) in [6.07, 6.45) is -2.63. The molecule has 7 N–H and O–H groups in total. The number of aromatic nitrogens is 1. The van der Waals surface area contributed by atoms with Crippen LogP contribution in [0, 0.1) is 17.0 Å². The quantitative estimate of drug-likeness (QED) is 0.0129. The molecule has 1 aliphatic carbocycles. The molecule has 1 aromatic heterocycles. The molecule has 103 heavy (non-hydrogen) atoms. The third-order valence-corrected chi connectivity index (χ3v) is 18.7. The average Bonchev–Trinajstić information content (AvgIpc) is 1.62. The van der Waals surface area contributed by atoms with E-state index >= 15 is 13.6 Å². The van der Waals surface area contributed by atoms with Crippen molar-refractivity contribution in [1.82, 2.24) is 36.0 Å². The van der Waals surface area contributed by atoms with Crippen molar-refractivity contribution in [2.24, 2.45) is 11.1 Å². The van der Waals surface area contributed by atoms with Crippen LogP contribution in [-0.4, -0.2) is 156 Å². The molecule has 0 saturated carbocycles. The SMILES string of the molecule is [2H]N(CCC(=O)N[C@@H](CCC(=O)OC(C)(C)C)C(=O)OC(C)(C)C)C(=O)[C@H](CCN(C(=O)CSC[C@H](NC(=O)[C@H](CC(N)=O)NC(=O)OCC1c2ccccc2-c2ccccc21)C(=O)OC(C)(C)C)[C@@H](c1cc(-c2cc(F)ccc2F)cn1Cc1ccccc1)C(C)(C)C)NC(=O)OCC[Si](C)(C)C. The van der Waals surface area contributed by atoms with Crippen molar-refractivity contribution in [1.29, 1.82) is 0 Å². The van der Waals surface area contributed by atoms with Crippen molar-refractivity contribution >= 4 is 79.5 Å². The van der Waals surface area contributed by atoms with Crippen LogP contribution >= 0.6 is 11.8 Å². The number of benzene rings is 4. The second kappa shape index (κ2) is 36.3. The number of fused-ring (bicyclic) bond motifs is 3. The van der Waals surface area contributed by atoms with Gasteiger partial charge in [0.05, 0.1) is 24.8 Å². The zero-order valence-electron chi connectivity index (χ0n) is 62.8. The van der Waals surface area contributed by atoms with Crippen molar-refractivity contribution in [3.8, 4) is 22.3 Å². The summed E-state index contributed by atoms with van der Waals surface area (Å²) in [4.78, 5) is 141. The zero-order valence-corrected chi connectivity index (χ0v) is 63.6. The van der Waals surface area contributed by atoms with E-state index in [2.05, 4.69) is 40.9 Å². The van der Waals surface area contributed by atoms with E-state index in [1.807, 2.05) is 99.6 Å². The second-order valence-corrected chi connectivity index (χ2v) is 37.4. The van der Waals surface area contributed by atoms with Crippen LogP contribution in [0.25, 0.3) is 22.3 Å². The molecule has 5 aromatic rings. The van der Waals surface area contributed by atoms with Crippen LogP contribution in [0.4, 0.5) is 18.4 Å². The molecule has 0 bridgehead atoms. The van der Waals surface area contributed by atoms with Crippen LogP contribution in [0.2, 0.25) is 27.1 Å². The summed E-state index contributed by atoms with van der Waals surface area (Å²) in [6, 6.07) is 22.5. The molecule has 23 nitrogen and oxygen atoms in total. The molecular formula is C76H102F2N8O15SSi. The molecule has 560 valence electrons. The summed E-state index contributed by atoms with van der Waals surface area (Å²) in [6.45, 7) is 25.4. The number of halogens is 2. The van der Waals surface area contributed by atoms with Crippen LogP contribution < -0.4 is 32.3 Å². The summed E-state index contributed by atoms with van der Waals surface area (Å²) >= 11 is 0.881. The van der Waals surface area contributed by atoms with Gasteiger partial charge in [0.15, 0.2) is 1.41 Å². The predicted octanol–water partition coefficient (Wildman–Crippen LogP) is 11.0.